The van der Waals surface area contributed by atoms with Gasteiger partial charge < -0.3 is 20.1 Å². The second-order valence-electron chi connectivity index (χ2n) is 5.48. The highest BCUT2D eigenvalue weighted by Gasteiger charge is 2.04. The summed E-state index contributed by atoms with van der Waals surface area (Å²) in [5.74, 6) is 1.36. The molecule has 0 atom stereocenters. The van der Waals surface area contributed by atoms with E-state index >= 15 is 0 Å². The Bertz CT molecular complexity index is 857. The summed E-state index contributed by atoms with van der Waals surface area (Å²) < 4.78 is 11.2. The van der Waals surface area contributed by atoms with Gasteiger partial charge in [0.2, 0.25) is 0 Å². The Kier molecular flexibility index (Phi) is 6.90. The topological polar surface area (TPSA) is 72.5 Å². The molecule has 0 aliphatic heterocycles. The van der Waals surface area contributed by atoms with Crippen LogP contribution in [0.5, 0.6) is 11.5 Å². The molecule has 1 aromatic heterocycles. The first-order valence-electron chi connectivity index (χ1n) is 8.22. The van der Waals surface area contributed by atoms with Crippen LogP contribution in [-0.4, -0.2) is 24.2 Å². The summed E-state index contributed by atoms with van der Waals surface area (Å²) in [7, 11) is 0. The molecular weight excluding hydrogens is 386 g/mol. The van der Waals surface area contributed by atoms with Crippen molar-refractivity contribution >= 4 is 34.7 Å². The van der Waals surface area contributed by atoms with Crippen molar-refractivity contribution in [3.05, 3.63) is 70.1 Å². The number of carbonyl (C=O) groups excluding carboxylic acids is 1. The number of hydrogen-bond acceptors (Lipinski definition) is 5. The predicted molar refractivity (Wildman–Crippen MR) is 107 cm³/mol. The highest BCUT2D eigenvalue weighted by atomic mass is 35.5. The summed E-state index contributed by atoms with van der Waals surface area (Å²) in [5, 5.41) is 8.08. The van der Waals surface area contributed by atoms with Crippen LogP contribution >= 0.6 is 22.9 Å². The van der Waals surface area contributed by atoms with Gasteiger partial charge in [0.05, 0.1) is 17.7 Å². The largest absolute Gasteiger partial charge is 0.492 e. The molecule has 3 rings (SSSR count). The molecule has 0 saturated carbocycles. The van der Waals surface area contributed by atoms with Gasteiger partial charge in [0, 0.05) is 22.2 Å². The lowest BCUT2D eigenvalue weighted by atomic mass is 10.3. The first-order chi connectivity index (χ1) is 13.2. The Hall–Kier alpha value is -2.77. The minimum Gasteiger partial charge on any atom is -0.492 e. The molecule has 0 saturated heterocycles. The number of rotatable bonds is 8. The number of aromatic nitrogens is 1. The van der Waals surface area contributed by atoms with Gasteiger partial charge in [-0.25, -0.2) is 9.78 Å². The Balaban J connectivity index is 1.39. The van der Waals surface area contributed by atoms with Crippen LogP contribution in [0.1, 0.15) is 5.69 Å². The van der Waals surface area contributed by atoms with Crippen LogP contribution < -0.4 is 20.1 Å². The molecular formula is C19H18ClN3O3S. The normalized spacial score (nSPS) is 10.3. The molecule has 1 heterocycles. The van der Waals surface area contributed by atoms with Crippen LogP contribution in [0, 0.1) is 0 Å². The summed E-state index contributed by atoms with van der Waals surface area (Å²) in [6, 6.07) is 13.9. The zero-order chi connectivity index (χ0) is 18.9. The fourth-order valence-corrected chi connectivity index (χ4v) is 2.84. The molecule has 6 nitrogen and oxygen atoms in total. The molecule has 0 radical (unpaired) electrons. The van der Waals surface area contributed by atoms with Gasteiger partial charge >= 0.3 is 6.03 Å². The first-order valence-corrected chi connectivity index (χ1v) is 9.54. The maximum absolute atomic E-state index is 12.0. The van der Waals surface area contributed by atoms with Crippen molar-refractivity contribution < 1.29 is 14.3 Å². The number of thiazole rings is 1. The van der Waals surface area contributed by atoms with Gasteiger partial charge in [0.15, 0.2) is 0 Å². The highest BCUT2D eigenvalue weighted by molar-refractivity contribution is 7.07. The van der Waals surface area contributed by atoms with Crippen LogP contribution in [-0.2, 0) is 6.61 Å². The van der Waals surface area contributed by atoms with Crippen molar-refractivity contribution in [3.63, 3.8) is 0 Å². The van der Waals surface area contributed by atoms with Gasteiger partial charge in [0.1, 0.15) is 24.7 Å². The highest BCUT2D eigenvalue weighted by Crippen LogP contribution is 2.19. The van der Waals surface area contributed by atoms with Crippen molar-refractivity contribution in [1.29, 1.82) is 0 Å². The number of benzene rings is 2. The molecule has 0 fully saturated rings. The van der Waals surface area contributed by atoms with E-state index in [1.54, 1.807) is 41.9 Å². The number of hydrogen-bond donors (Lipinski definition) is 2. The van der Waals surface area contributed by atoms with Gasteiger partial charge in [0.25, 0.3) is 0 Å². The van der Waals surface area contributed by atoms with Crippen LogP contribution in [0.15, 0.2) is 59.4 Å². The van der Waals surface area contributed by atoms with E-state index in [2.05, 4.69) is 15.6 Å². The lowest BCUT2D eigenvalue weighted by Crippen LogP contribution is -2.32. The van der Waals surface area contributed by atoms with E-state index in [-0.39, 0.29) is 6.03 Å². The summed E-state index contributed by atoms with van der Waals surface area (Å²) in [4.78, 5) is 16.1. The van der Waals surface area contributed by atoms with Crippen LogP contribution in [0.4, 0.5) is 10.5 Å². The fourth-order valence-electron chi connectivity index (χ4n) is 2.17. The van der Waals surface area contributed by atoms with Gasteiger partial charge in [-0.15, -0.1) is 11.3 Å². The predicted octanol–water partition coefficient (Wildman–Crippen LogP) is 4.58. The summed E-state index contributed by atoms with van der Waals surface area (Å²) in [5.41, 5.74) is 3.27. The van der Waals surface area contributed by atoms with E-state index in [0.29, 0.717) is 42.0 Å². The smallest absolute Gasteiger partial charge is 0.319 e. The van der Waals surface area contributed by atoms with Crippen molar-refractivity contribution in [2.45, 2.75) is 6.61 Å². The Morgan fingerprint density at radius 3 is 2.74 bits per heavy atom. The number of nitrogens with zero attached hydrogens (tertiary/aromatic N) is 1. The zero-order valence-corrected chi connectivity index (χ0v) is 15.9. The van der Waals surface area contributed by atoms with Gasteiger partial charge in [-0.3, -0.25) is 0 Å². The average molecular weight is 404 g/mol. The third-order valence-corrected chi connectivity index (χ3v) is 4.32. The van der Waals surface area contributed by atoms with E-state index < -0.39 is 0 Å². The van der Waals surface area contributed by atoms with E-state index in [1.807, 2.05) is 17.5 Å². The Morgan fingerprint density at radius 1 is 1.11 bits per heavy atom. The minimum absolute atomic E-state index is 0.314. The molecule has 0 aliphatic rings. The fraction of sp³-hybridized carbons (Fsp3) is 0.158. The lowest BCUT2D eigenvalue weighted by Gasteiger charge is -2.10. The second-order valence-corrected chi connectivity index (χ2v) is 6.63. The molecule has 0 bridgehead atoms. The number of carbonyl (C=O) groups is 1. The number of ether oxygens (including phenoxy) is 2. The number of urea groups is 1. The van der Waals surface area contributed by atoms with E-state index in [0.717, 1.165) is 5.69 Å². The molecule has 0 aliphatic carbocycles. The Morgan fingerprint density at radius 2 is 1.96 bits per heavy atom. The molecule has 0 unspecified atom stereocenters. The molecule has 0 spiro atoms. The standard InChI is InChI=1S/C19H18ClN3O3S/c20-14-4-6-17(7-5-14)25-9-8-21-19(24)23-15-2-1-3-18(10-15)26-11-16-12-27-13-22-16/h1-7,10,12-13H,8-9,11H2,(H2,21,23,24). The van der Waals surface area contributed by atoms with Crippen LogP contribution in [0.2, 0.25) is 5.02 Å². The summed E-state index contributed by atoms with van der Waals surface area (Å²) >= 11 is 7.34. The molecule has 140 valence electrons. The molecule has 8 heteroatoms. The van der Waals surface area contributed by atoms with Crippen molar-refractivity contribution in [1.82, 2.24) is 10.3 Å². The monoisotopic (exact) mass is 403 g/mol. The number of nitrogens with one attached hydrogen (secondary N) is 2. The number of anilines is 1. The minimum atomic E-state index is -0.314. The maximum Gasteiger partial charge on any atom is 0.319 e. The van der Waals surface area contributed by atoms with Crippen molar-refractivity contribution in [2.75, 3.05) is 18.5 Å². The number of halogens is 1. The quantitative estimate of drug-likeness (QED) is 0.540. The molecule has 2 aromatic carbocycles. The van der Waals surface area contributed by atoms with Crippen molar-refractivity contribution in [2.24, 2.45) is 0 Å². The van der Waals surface area contributed by atoms with E-state index in [4.69, 9.17) is 21.1 Å². The molecule has 3 aromatic rings. The first kappa shape index (κ1) is 19.0. The third-order valence-electron chi connectivity index (χ3n) is 3.43. The summed E-state index contributed by atoms with van der Waals surface area (Å²) in [6.45, 7) is 1.11. The van der Waals surface area contributed by atoms with Gasteiger partial charge in [-0.05, 0) is 36.4 Å². The second kappa shape index (κ2) is 9.80. The summed E-state index contributed by atoms with van der Waals surface area (Å²) in [6.07, 6.45) is 0. The zero-order valence-electron chi connectivity index (χ0n) is 14.4. The Labute approximate surface area is 166 Å². The van der Waals surface area contributed by atoms with Crippen LogP contribution in [0.25, 0.3) is 0 Å². The number of amides is 2. The third kappa shape index (κ3) is 6.47. The average Bonchev–Trinajstić information content (AvgIpc) is 3.19. The van der Waals surface area contributed by atoms with Gasteiger partial charge in [-0.2, -0.15) is 0 Å². The van der Waals surface area contributed by atoms with E-state index in [1.165, 1.54) is 11.3 Å². The van der Waals surface area contributed by atoms with E-state index in [9.17, 15) is 4.79 Å². The van der Waals surface area contributed by atoms with Gasteiger partial charge in [-0.1, -0.05) is 17.7 Å². The van der Waals surface area contributed by atoms with Crippen molar-refractivity contribution in [3.8, 4) is 11.5 Å². The molecule has 2 N–H and O–H groups in total. The maximum atomic E-state index is 12.0. The molecule has 2 amide bonds. The molecule has 27 heavy (non-hydrogen) atoms. The lowest BCUT2D eigenvalue weighted by molar-refractivity contribution is 0.247. The van der Waals surface area contributed by atoms with Crippen LogP contribution in [0.3, 0.4) is 0 Å². The SMILES string of the molecule is O=C(NCCOc1ccc(Cl)cc1)Nc1cccc(OCc2cscn2)c1.